The standard InChI is InChI=1S/C31H36F3N4O7P/c1-5-37(14-15-46(43,45-18-31(32,33)34)36-20(4)30(42)44-6-2)28(40)24-22-8-7-13-35-26(22)27(39)25-23(24)17-38(29(25)41)16-21-11-9-19(3)10-12-21/h7-13,20,39H,5-6,14-18H2,1-4H3,(H,36,43)/t20-,46?/m0/s1. The summed E-state index contributed by atoms with van der Waals surface area (Å²) in [5, 5.41) is 13.8. The molecule has 2 aromatic carbocycles. The second-order valence-corrected chi connectivity index (χ2v) is 13.2. The van der Waals surface area contributed by atoms with Crippen molar-refractivity contribution in [1.82, 2.24) is 19.9 Å². The van der Waals surface area contributed by atoms with E-state index in [0.717, 1.165) is 11.1 Å². The Labute approximate surface area is 264 Å². The summed E-state index contributed by atoms with van der Waals surface area (Å²) in [7, 11) is -4.36. The van der Waals surface area contributed by atoms with Crippen LogP contribution in [0.1, 0.15) is 58.2 Å². The molecule has 2 heterocycles. The number of fused-ring (bicyclic) bond motifs is 2. The second-order valence-electron chi connectivity index (χ2n) is 10.9. The number of aryl methyl sites for hydroxylation is 1. The zero-order valence-electron chi connectivity index (χ0n) is 25.9. The molecule has 2 N–H and O–H groups in total. The number of phenolic OH excluding ortho intramolecular Hbond substituents is 1. The van der Waals surface area contributed by atoms with Crippen molar-refractivity contribution in [3.05, 3.63) is 70.4 Å². The number of nitrogens with zero attached hydrogens (tertiary/aromatic N) is 3. The number of pyridine rings is 1. The molecule has 0 spiro atoms. The molecule has 0 fully saturated rings. The predicted molar refractivity (Wildman–Crippen MR) is 163 cm³/mol. The van der Waals surface area contributed by atoms with E-state index < -0.39 is 50.3 Å². The van der Waals surface area contributed by atoms with Gasteiger partial charge in [-0.2, -0.15) is 13.2 Å². The van der Waals surface area contributed by atoms with Crippen LogP contribution < -0.4 is 5.09 Å². The number of nitrogens with one attached hydrogen (secondary N) is 1. The minimum Gasteiger partial charge on any atom is -0.505 e. The zero-order valence-corrected chi connectivity index (χ0v) is 26.8. The summed E-state index contributed by atoms with van der Waals surface area (Å²) < 4.78 is 62.5. The van der Waals surface area contributed by atoms with Gasteiger partial charge in [0.1, 0.15) is 11.6 Å². The molecule has 11 nitrogen and oxygen atoms in total. The Morgan fingerprint density at radius 2 is 1.89 bits per heavy atom. The Hall–Kier alpha value is -4.00. The number of halogens is 3. The maximum absolute atomic E-state index is 14.2. The monoisotopic (exact) mass is 664 g/mol. The van der Waals surface area contributed by atoms with Gasteiger partial charge in [0.25, 0.3) is 19.3 Å². The van der Waals surface area contributed by atoms with Crippen molar-refractivity contribution < 1.29 is 46.5 Å². The highest BCUT2D eigenvalue weighted by Gasteiger charge is 2.39. The van der Waals surface area contributed by atoms with Crippen molar-refractivity contribution in [2.45, 2.75) is 53.0 Å². The molecule has 2 atom stereocenters. The molecule has 1 aliphatic rings. The molecule has 248 valence electrons. The van der Waals surface area contributed by atoms with Crippen molar-refractivity contribution in [3.8, 4) is 5.75 Å². The van der Waals surface area contributed by atoms with Crippen LogP contribution in [0.3, 0.4) is 0 Å². The Morgan fingerprint density at radius 3 is 2.52 bits per heavy atom. The maximum Gasteiger partial charge on any atom is 0.412 e. The van der Waals surface area contributed by atoms with E-state index in [1.807, 2.05) is 31.2 Å². The molecule has 1 unspecified atom stereocenters. The average Bonchev–Trinajstić information content (AvgIpc) is 3.32. The van der Waals surface area contributed by atoms with E-state index in [0.29, 0.717) is 0 Å². The average molecular weight is 665 g/mol. The Balaban J connectivity index is 1.67. The van der Waals surface area contributed by atoms with E-state index in [1.54, 1.807) is 26.0 Å². The number of amides is 2. The third-order valence-electron chi connectivity index (χ3n) is 7.50. The number of carbonyl (C=O) groups is 3. The number of benzene rings is 2. The van der Waals surface area contributed by atoms with E-state index in [-0.39, 0.29) is 66.1 Å². The van der Waals surface area contributed by atoms with Gasteiger partial charge in [0.05, 0.1) is 23.9 Å². The highest BCUT2D eigenvalue weighted by Crippen LogP contribution is 2.45. The lowest BCUT2D eigenvalue weighted by molar-refractivity contribution is -0.153. The number of phenols is 1. The van der Waals surface area contributed by atoms with E-state index in [1.165, 1.54) is 22.9 Å². The molecule has 0 saturated carbocycles. The largest absolute Gasteiger partial charge is 0.505 e. The third kappa shape index (κ3) is 7.86. The van der Waals surface area contributed by atoms with E-state index in [9.17, 15) is 37.2 Å². The van der Waals surface area contributed by atoms with Gasteiger partial charge in [0.15, 0.2) is 12.4 Å². The van der Waals surface area contributed by atoms with Gasteiger partial charge in [0.2, 0.25) is 0 Å². The summed E-state index contributed by atoms with van der Waals surface area (Å²) in [6, 6.07) is 9.47. The fraction of sp³-hybridized carbons (Fsp3) is 0.419. The summed E-state index contributed by atoms with van der Waals surface area (Å²) in [5.41, 5.74) is 2.25. The Morgan fingerprint density at radius 1 is 1.20 bits per heavy atom. The van der Waals surface area contributed by atoms with Gasteiger partial charge in [0, 0.05) is 43.3 Å². The Kier molecular flexibility index (Phi) is 10.8. The van der Waals surface area contributed by atoms with Crippen LogP contribution in [0.15, 0.2) is 42.6 Å². The number of rotatable bonds is 13. The minimum atomic E-state index is -4.81. The number of hydrogen-bond donors (Lipinski definition) is 2. The van der Waals surface area contributed by atoms with Crippen molar-refractivity contribution in [2.75, 3.05) is 32.5 Å². The molecule has 0 bridgehead atoms. The summed E-state index contributed by atoms with van der Waals surface area (Å²) in [6.45, 7) is 4.49. The van der Waals surface area contributed by atoms with Crippen LogP contribution in [0, 0.1) is 6.92 Å². The predicted octanol–water partition coefficient (Wildman–Crippen LogP) is 5.18. The normalized spacial score (nSPS) is 15.0. The second kappa shape index (κ2) is 14.2. The fourth-order valence-electron chi connectivity index (χ4n) is 5.21. The first-order valence-corrected chi connectivity index (χ1v) is 16.5. The molecule has 0 aliphatic carbocycles. The van der Waals surface area contributed by atoms with Gasteiger partial charge in [-0.3, -0.25) is 23.9 Å². The van der Waals surface area contributed by atoms with Gasteiger partial charge < -0.3 is 24.2 Å². The van der Waals surface area contributed by atoms with Crippen LogP contribution >= 0.6 is 7.52 Å². The number of aromatic hydroxyl groups is 1. The number of carbonyl (C=O) groups excluding carboxylic acids is 3. The van der Waals surface area contributed by atoms with Crippen molar-refractivity contribution >= 4 is 36.2 Å². The van der Waals surface area contributed by atoms with Gasteiger partial charge in [-0.15, -0.1) is 0 Å². The molecule has 1 aromatic heterocycles. The molecule has 1 aliphatic heterocycles. The maximum atomic E-state index is 14.2. The first-order valence-electron chi connectivity index (χ1n) is 14.7. The lowest BCUT2D eigenvalue weighted by atomic mass is 9.95. The summed E-state index contributed by atoms with van der Waals surface area (Å²) >= 11 is 0. The van der Waals surface area contributed by atoms with Crippen LogP contribution in [-0.4, -0.2) is 82.4 Å². The summed E-state index contributed by atoms with van der Waals surface area (Å²) in [6.07, 6.45) is -3.96. The first-order chi connectivity index (χ1) is 21.7. The van der Waals surface area contributed by atoms with Crippen LogP contribution in [-0.2, 0) is 31.7 Å². The zero-order chi connectivity index (χ0) is 33.8. The highest BCUT2D eigenvalue weighted by molar-refractivity contribution is 7.57. The van der Waals surface area contributed by atoms with Crippen LogP contribution in [0.5, 0.6) is 5.75 Å². The van der Waals surface area contributed by atoms with E-state index in [2.05, 4.69) is 10.1 Å². The number of aromatic nitrogens is 1. The van der Waals surface area contributed by atoms with Crippen molar-refractivity contribution in [2.24, 2.45) is 0 Å². The lowest BCUT2D eigenvalue weighted by Gasteiger charge is -2.27. The number of esters is 1. The SMILES string of the molecule is CCOC(=O)[C@H](C)NP(=O)(CCN(CC)C(=O)c1c2c(c(O)c3ncccc13)C(=O)N(Cc1ccc(C)cc1)C2)OCC(F)(F)F. The Bertz CT molecular complexity index is 1670. The summed E-state index contributed by atoms with van der Waals surface area (Å²) in [5.74, 6) is -2.29. The lowest BCUT2D eigenvalue weighted by Crippen LogP contribution is -2.39. The first kappa shape index (κ1) is 34.9. The van der Waals surface area contributed by atoms with E-state index in [4.69, 9.17) is 9.26 Å². The van der Waals surface area contributed by atoms with Gasteiger partial charge in [-0.25, -0.2) is 5.09 Å². The molecular weight excluding hydrogens is 628 g/mol. The quantitative estimate of drug-likeness (QED) is 0.187. The summed E-state index contributed by atoms with van der Waals surface area (Å²) in [4.78, 5) is 46.9. The number of hydrogen-bond acceptors (Lipinski definition) is 8. The molecular formula is C31H36F3N4O7P. The number of ether oxygens (including phenoxy) is 1. The highest BCUT2D eigenvalue weighted by atomic mass is 31.2. The molecule has 0 saturated heterocycles. The van der Waals surface area contributed by atoms with Gasteiger partial charge >= 0.3 is 12.1 Å². The van der Waals surface area contributed by atoms with Gasteiger partial charge in [-0.1, -0.05) is 35.9 Å². The van der Waals surface area contributed by atoms with E-state index >= 15 is 0 Å². The van der Waals surface area contributed by atoms with Gasteiger partial charge in [-0.05, 0) is 39.3 Å². The van der Waals surface area contributed by atoms with Crippen LogP contribution in [0.4, 0.5) is 13.2 Å². The molecule has 0 radical (unpaired) electrons. The molecule has 3 aromatic rings. The topological polar surface area (TPSA) is 138 Å². The van der Waals surface area contributed by atoms with Crippen molar-refractivity contribution in [1.29, 1.82) is 0 Å². The molecule has 4 rings (SSSR count). The van der Waals surface area contributed by atoms with Crippen LogP contribution in [0.2, 0.25) is 0 Å². The smallest absolute Gasteiger partial charge is 0.412 e. The van der Waals surface area contributed by atoms with Crippen molar-refractivity contribution in [3.63, 3.8) is 0 Å². The van der Waals surface area contributed by atoms with Crippen LogP contribution in [0.25, 0.3) is 10.9 Å². The molecule has 2 amide bonds. The minimum absolute atomic E-state index is 0.00138. The molecule has 15 heteroatoms. The third-order valence-corrected chi connectivity index (χ3v) is 9.62. The fourth-order valence-corrected chi connectivity index (χ4v) is 7.10. The number of alkyl halides is 3. The molecule has 46 heavy (non-hydrogen) atoms.